The first-order valence-electron chi connectivity index (χ1n) is 11.5. The number of halogens is 1. The zero-order valence-corrected chi connectivity index (χ0v) is 21.3. The summed E-state index contributed by atoms with van der Waals surface area (Å²) in [6.07, 6.45) is 4.30. The molecule has 35 heavy (non-hydrogen) atoms. The number of sulfonamides is 1. The van der Waals surface area contributed by atoms with Gasteiger partial charge in [-0.25, -0.2) is 8.42 Å². The van der Waals surface area contributed by atoms with E-state index >= 15 is 0 Å². The number of benzene rings is 2. The van der Waals surface area contributed by atoms with Crippen molar-refractivity contribution in [1.82, 2.24) is 14.8 Å². The maximum absolute atomic E-state index is 13.4. The quantitative estimate of drug-likeness (QED) is 0.488. The number of carbonyl (C=O) groups is 1. The Bertz CT molecular complexity index is 1320. The Hall–Kier alpha value is -2.94. The summed E-state index contributed by atoms with van der Waals surface area (Å²) in [6.45, 7) is 4.46. The average molecular weight is 514 g/mol. The lowest BCUT2D eigenvalue weighted by molar-refractivity contribution is -0.126. The highest BCUT2D eigenvalue weighted by molar-refractivity contribution is 7.89. The van der Waals surface area contributed by atoms with Gasteiger partial charge in [-0.1, -0.05) is 70.9 Å². The zero-order chi connectivity index (χ0) is 25.0. The SMILES string of the molecule is Cc1ccc(/C=C/c2onc(C)c2S(=O)(=O)N2CCC(C(=O)NCc3ccccc3Cl)CC2)cc1. The molecule has 0 radical (unpaired) electrons. The van der Waals surface area contributed by atoms with Crippen LogP contribution in [0.3, 0.4) is 0 Å². The summed E-state index contributed by atoms with van der Waals surface area (Å²) in [5.41, 5.74) is 3.23. The third kappa shape index (κ3) is 5.83. The maximum Gasteiger partial charge on any atom is 0.248 e. The fourth-order valence-electron chi connectivity index (χ4n) is 4.10. The lowest BCUT2D eigenvalue weighted by Crippen LogP contribution is -2.43. The first-order valence-corrected chi connectivity index (χ1v) is 13.3. The summed E-state index contributed by atoms with van der Waals surface area (Å²) >= 11 is 6.16. The Morgan fingerprint density at radius 3 is 2.49 bits per heavy atom. The fourth-order valence-corrected chi connectivity index (χ4v) is 6.03. The van der Waals surface area contributed by atoms with E-state index in [0.29, 0.717) is 30.1 Å². The lowest BCUT2D eigenvalue weighted by atomic mass is 9.97. The molecule has 0 aliphatic carbocycles. The van der Waals surface area contributed by atoms with Crippen LogP contribution in [0, 0.1) is 19.8 Å². The van der Waals surface area contributed by atoms with Gasteiger partial charge in [0.15, 0.2) is 10.7 Å². The highest BCUT2D eigenvalue weighted by Crippen LogP contribution is 2.29. The summed E-state index contributed by atoms with van der Waals surface area (Å²) in [5.74, 6) is -0.152. The molecule has 0 saturated carbocycles. The van der Waals surface area contributed by atoms with Gasteiger partial charge in [0.25, 0.3) is 0 Å². The normalized spacial score (nSPS) is 15.5. The molecule has 184 valence electrons. The van der Waals surface area contributed by atoms with Gasteiger partial charge in [0.1, 0.15) is 5.69 Å². The molecule has 0 unspecified atom stereocenters. The monoisotopic (exact) mass is 513 g/mol. The van der Waals surface area contributed by atoms with Crippen molar-refractivity contribution in [3.05, 3.63) is 81.7 Å². The molecule has 1 saturated heterocycles. The predicted octanol–water partition coefficient (Wildman–Crippen LogP) is 4.83. The third-order valence-electron chi connectivity index (χ3n) is 6.17. The van der Waals surface area contributed by atoms with Gasteiger partial charge < -0.3 is 9.84 Å². The summed E-state index contributed by atoms with van der Waals surface area (Å²) in [4.78, 5) is 12.7. The molecule has 1 aromatic heterocycles. The predicted molar refractivity (Wildman–Crippen MR) is 136 cm³/mol. The van der Waals surface area contributed by atoms with E-state index in [1.54, 1.807) is 25.1 Å². The topological polar surface area (TPSA) is 92.5 Å². The molecule has 1 amide bonds. The summed E-state index contributed by atoms with van der Waals surface area (Å²) in [5, 5.41) is 7.42. The molecule has 3 aromatic rings. The average Bonchev–Trinajstić information content (AvgIpc) is 3.24. The van der Waals surface area contributed by atoms with Gasteiger partial charge in [0.05, 0.1) is 0 Å². The number of rotatable bonds is 7. The summed E-state index contributed by atoms with van der Waals surface area (Å²) < 4.78 is 33.6. The molecular weight excluding hydrogens is 486 g/mol. The van der Waals surface area contributed by atoms with E-state index in [4.69, 9.17) is 16.1 Å². The second kappa shape index (κ2) is 10.8. The molecule has 2 aromatic carbocycles. The number of hydrogen-bond acceptors (Lipinski definition) is 5. The van der Waals surface area contributed by atoms with Gasteiger partial charge in [0, 0.05) is 30.6 Å². The van der Waals surface area contributed by atoms with E-state index in [-0.39, 0.29) is 35.6 Å². The van der Waals surface area contributed by atoms with Crippen molar-refractivity contribution in [2.24, 2.45) is 5.92 Å². The minimum Gasteiger partial charge on any atom is -0.355 e. The van der Waals surface area contributed by atoms with Gasteiger partial charge in [-0.2, -0.15) is 4.31 Å². The molecular formula is C26H28ClN3O4S. The molecule has 7 nitrogen and oxygen atoms in total. The Morgan fingerprint density at radius 2 is 1.80 bits per heavy atom. The molecule has 0 bridgehead atoms. The van der Waals surface area contributed by atoms with Crippen molar-refractivity contribution >= 4 is 39.7 Å². The minimum atomic E-state index is -3.82. The van der Waals surface area contributed by atoms with Crippen LogP contribution in [0.4, 0.5) is 0 Å². The molecule has 1 aliphatic rings. The van der Waals surface area contributed by atoms with Gasteiger partial charge in [-0.05, 0) is 50.0 Å². The van der Waals surface area contributed by atoms with Crippen LogP contribution >= 0.6 is 11.6 Å². The van der Waals surface area contributed by atoms with E-state index in [0.717, 1.165) is 16.7 Å². The molecule has 1 aliphatic heterocycles. The Kier molecular flexibility index (Phi) is 7.74. The number of amides is 1. The number of carbonyl (C=O) groups excluding carboxylic acids is 1. The van der Waals surface area contributed by atoms with Crippen molar-refractivity contribution in [3.63, 3.8) is 0 Å². The van der Waals surface area contributed by atoms with Gasteiger partial charge in [-0.15, -0.1) is 0 Å². The molecule has 4 rings (SSSR count). The number of hydrogen-bond donors (Lipinski definition) is 1. The van der Waals surface area contributed by atoms with E-state index in [1.807, 2.05) is 49.4 Å². The molecule has 0 spiro atoms. The second-order valence-electron chi connectivity index (χ2n) is 8.69. The van der Waals surface area contributed by atoms with Crippen LogP contribution in [-0.4, -0.2) is 36.9 Å². The van der Waals surface area contributed by atoms with Gasteiger partial charge >= 0.3 is 0 Å². The van der Waals surface area contributed by atoms with Crippen molar-refractivity contribution in [3.8, 4) is 0 Å². The van der Waals surface area contributed by atoms with Crippen molar-refractivity contribution in [1.29, 1.82) is 0 Å². The van der Waals surface area contributed by atoms with E-state index in [2.05, 4.69) is 10.5 Å². The molecule has 9 heteroatoms. The lowest BCUT2D eigenvalue weighted by Gasteiger charge is -2.30. The van der Waals surface area contributed by atoms with Gasteiger partial charge in [-0.3, -0.25) is 4.79 Å². The van der Waals surface area contributed by atoms with Crippen LogP contribution in [0.1, 0.15) is 41.0 Å². The largest absolute Gasteiger partial charge is 0.355 e. The summed E-state index contributed by atoms with van der Waals surface area (Å²) in [7, 11) is -3.82. The molecule has 0 atom stereocenters. The van der Waals surface area contributed by atoms with Crippen LogP contribution in [-0.2, 0) is 21.4 Å². The standard InChI is InChI=1S/C26H28ClN3O4S/c1-18-7-9-20(10-8-18)11-12-24-25(19(2)29-34-24)35(32,33)30-15-13-21(14-16-30)26(31)28-17-22-5-3-4-6-23(22)27/h3-12,21H,13-17H2,1-2H3,(H,28,31)/b12-11+. The van der Waals surface area contributed by atoms with Gasteiger partial charge in [0.2, 0.25) is 15.9 Å². The smallest absolute Gasteiger partial charge is 0.248 e. The Balaban J connectivity index is 1.41. The highest BCUT2D eigenvalue weighted by atomic mass is 35.5. The zero-order valence-electron chi connectivity index (χ0n) is 19.7. The Morgan fingerprint density at radius 1 is 1.11 bits per heavy atom. The van der Waals surface area contributed by atoms with Crippen LogP contribution in [0.25, 0.3) is 12.2 Å². The number of nitrogens with one attached hydrogen (secondary N) is 1. The number of nitrogens with zero attached hydrogens (tertiary/aromatic N) is 2. The van der Waals surface area contributed by atoms with Crippen LogP contribution in [0.5, 0.6) is 0 Å². The second-order valence-corrected chi connectivity index (χ2v) is 11.0. The van der Waals surface area contributed by atoms with Crippen LogP contribution in [0.2, 0.25) is 5.02 Å². The van der Waals surface area contributed by atoms with Crippen molar-refractivity contribution in [2.45, 2.75) is 38.1 Å². The number of piperidine rings is 1. The highest BCUT2D eigenvalue weighted by Gasteiger charge is 2.35. The molecule has 2 heterocycles. The molecule has 1 N–H and O–H groups in total. The van der Waals surface area contributed by atoms with Crippen LogP contribution in [0.15, 0.2) is 57.9 Å². The van der Waals surface area contributed by atoms with Crippen molar-refractivity contribution in [2.75, 3.05) is 13.1 Å². The fraction of sp³-hybridized carbons (Fsp3) is 0.308. The first kappa shape index (κ1) is 25.2. The minimum absolute atomic E-state index is 0.0717. The number of aromatic nitrogens is 1. The Labute approximate surface area is 210 Å². The first-order chi connectivity index (χ1) is 16.8. The van der Waals surface area contributed by atoms with Crippen LogP contribution < -0.4 is 5.32 Å². The maximum atomic E-state index is 13.4. The van der Waals surface area contributed by atoms with E-state index in [1.165, 1.54) is 4.31 Å². The summed E-state index contributed by atoms with van der Waals surface area (Å²) in [6, 6.07) is 15.2. The van der Waals surface area contributed by atoms with E-state index < -0.39 is 10.0 Å². The van der Waals surface area contributed by atoms with E-state index in [9.17, 15) is 13.2 Å². The third-order valence-corrected chi connectivity index (χ3v) is 8.60. The number of aryl methyl sites for hydroxylation is 2. The molecule has 1 fully saturated rings. The van der Waals surface area contributed by atoms with Crippen molar-refractivity contribution < 1.29 is 17.7 Å².